The van der Waals surface area contributed by atoms with E-state index in [0.29, 0.717) is 5.92 Å². The minimum Gasteiger partial charge on any atom is -0.353 e. The van der Waals surface area contributed by atoms with Crippen LogP contribution in [0.25, 0.3) is 0 Å². The lowest BCUT2D eigenvalue weighted by Gasteiger charge is -2.20. The standard InChI is InChI=1S/C22H37N3O2/c1-15(2)9-8-10-19(6)23-20(26)13-25(7)14-21(27)24-22-17(4)11-16(3)12-18(22)5/h11-12,15,19H,8-10,13-14H2,1-7H3,(H,23,26)(H,24,27)/t19-/m0/s1. The molecule has 1 aromatic carbocycles. The van der Waals surface area contributed by atoms with Crippen LogP contribution in [-0.2, 0) is 9.59 Å². The Morgan fingerprint density at radius 3 is 2.07 bits per heavy atom. The van der Waals surface area contributed by atoms with Gasteiger partial charge in [0.1, 0.15) is 0 Å². The van der Waals surface area contributed by atoms with Crippen molar-refractivity contribution < 1.29 is 9.59 Å². The fraction of sp³-hybridized carbons (Fsp3) is 0.636. The molecule has 1 aromatic rings. The van der Waals surface area contributed by atoms with Gasteiger partial charge in [0, 0.05) is 11.7 Å². The van der Waals surface area contributed by atoms with Crippen LogP contribution in [0.5, 0.6) is 0 Å². The summed E-state index contributed by atoms with van der Waals surface area (Å²) in [4.78, 5) is 26.2. The Labute approximate surface area is 164 Å². The summed E-state index contributed by atoms with van der Waals surface area (Å²) in [6, 6.07) is 4.28. The Balaban J connectivity index is 2.42. The largest absolute Gasteiger partial charge is 0.353 e. The lowest BCUT2D eigenvalue weighted by molar-refractivity contribution is -0.123. The van der Waals surface area contributed by atoms with E-state index in [2.05, 4.69) is 36.6 Å². The van der Waals surface area contributed by atoms with Crippen molar-refractivity contribution >= 4 is 17.5 Å². The molecule has 2 N–H and O–H groups in total. The fourth-order valence-corrected chi connectivity index (χ4v) is 3.33. The van der Waals surface area contributed by atoms with Crippen LogP contribution in [0.1, 0.15) is 56.7 Å². The summed E-state index contributed by atoms with van der Waals surface area (Å²) in [5, 5.41) is 6.00. The van der Waals surface area contributed by atoms with Crippen molar-refractivity contribution in [2.45, 2.75) is 66.8 Å². The first kappa shape index (κ1) is 23.2. The first-order valence-corrected chi connectivity index (χ1v) is 9.94. The highest BCUT2D eigenvalue weighted by Crippen LogP contribution is 2.21. The number of carbonyl (C=O) groups is 2. The molecule has 27 heavy (non-hydrogen) atoms. The molecular formula is C22H37N3O2. The van der Waals surface area contributed by atoms with Gasteiger partial charge in [-0.25, -0.2) is 0 Å². The quantitative estimate of drug-likeness (QED) is 0.654. The first-order chi connectivity index (χ1) is 12.6. The molecule has 5 nitrogen and oxygen atoms in total. The highest BCUT2D eigenvalue weighted by molar-refractivity contribution is 5.94. The number of likely N-dealkylation sites (N-methyl/N-ethyl adjacent to an activating group) is 1. The lowest BCUT2D eigenvalue weighted by Crippen LogP contribution is -2.42. The van der Waals surface area contributed by atoms with Gasteiger partial charge in [0.2, 0.25) is 11.8 Å². The molecule has 0 spiro atoms. The van der Waals surface area contributed by atoms with Crippen LogP contribution in [0, 0.1) is 26.7 Å². The van der Waals surface area contributed by atoms with E-state index in [1.807, 2.05) is 27.7 Å². The van der Waals surface area contributed by atoms with Crippen LogP contribution in [0.3, 0.4) is 0 Å². The second kappa shape index (κ2) is 11.1. The van der Waals surface area contributed by atoms with E-state index >= 15 is 0 Å². The number of amides is 2. The van der Waals surface area contributed by atoms with Gasteiger partial charge in [-0.3, -0.25) is 14.5 Å². The van der Waals surface area contributed by atoms with Gasteiger partial charge in [-0.2, -0.15) is 0 Å². The summed E-state index contributed by atoms with van der Waals surface area (Å²) < 4.78 is 0. The number of hydrogen-bond acceptors (Lipinski definition) is 3. The van der Waals surface area contributed by atoms with Crippen LogP contribution in [0.15, 0.2) is 12.1 Å². The van der Waals surface area contributed by atoms with Gasteiger partial charge in [0.25, 0.3) is 0 Å². The first-order valence-electron chi connectivity index (χ1n) is 9.94. The molecule has 0 aliphatic carbocycles. The summed E-state index contributed by atoms with van der Waals surface area (Å²) >= 11 is 0. The van der Waals surface area contributed by atoms with Crippen molar-refractivity contribution in [1.29, 1.82) is 0 Å². The van der Waals surface area contributed by atoms with Gasteiger partial charge >= 0.3 is 0 Å². The number of nitrogens with zero attached hydrogens (tertiary/aromatic N) is 1. The summed E-state index contributed by atoms with van der Waals surface area (Å²) in [6.45, 7) is 12.9. The van der Waals surface area contributed by atoms with E-state index < -0.39 is 0 Å². The molecule has 152 valence electrons. The Kier molecular flexibility index (Phi) is 9.50. The molecule has 0 heterocycles. The average molecular weight is 376 g/mol. The minimum atomic E-state index is -0.106. The van der Waals surface area contributed by atoms with Crippen LogP contribution >= 0.6 is 0 Å². The molecule has 0 saturated carbocycles. The predicted molar refractivity (Wildman–Crippen MR) is 113 cm³/mol. The number of aryl methyl sites for hydroxylation is 3. The van der Waals surface area contributed by atoms with Crippen molar-refractivity contribution in [1.82, 2.24) is 10.2 Å². The van der Waals surface area contributed by atoms with Crippen molar-refractivity contribution in [2.24, 2.45) is 5.92 Å². The Morgan fingerprint density at radius 1 is 0.963 bits per heavy atom. The molecule has 0 bridgehead atoms. The van der Waals surface area contributed by atoms with Crippen LogP contribution in [0.2, 0.25) is 0 Å². The Morgan fingerprint density at radius 2 is 1.52 bits per heavy atom. The van der Waals surface area contributed by atoms with Gasteiger partial charge < -0.3 is 10.6 Å². The zero-order chi connectivity index (χ0) is 20.6. The lowest BCUT2D eigenvalue weighted by atomic mass is 10.0. The molecule has 0 saturated heterocycles. The average Bonchev–Trinajstić information content (AvgIpc) is 2.49. The van der Waals surface area contributed by atoms with Gasteiger partial charge in [-0.15, -0.1) is 0 Å². The number of anilines is 1. The molecule has 0 unspecified atom stereocenters. The highest BCUT2D eigenvalue weighted by atomic mass is 16.2. The number of benzene rings is 1. The maximum Gasteiger partial charge on any atom is 0.238 e. The van der Waals surface area contributed by atoms with Gasteiger partial charge in [-0.1, -0.05) is 44.4 Å². The SMILES string of the molecule is Cc1cc(C)c(NC(=O)CN(C)CC(=O)N[C@@H](C)CCCC(C)C)c(C)c1. The van der Waals surface area contributed by atoms with Gasteiger partial charge in [-0.05, 0) is 58.2 Å². The summed E-state index contributed by atoms with van der Waals surface area (Å²) in [5.74, 6) is 0.550. The Hall–Kier alpha value is -1.88. The predicted octanol–water partition coefficient (Wildman–Crippen LogP) is 3.81. The number of carbonyl (C=O) groups excluding carboxylic acids is 2. The number of nitrogens with one attached hydrogen (secondary N) is 2. The molecule has 0 fully saturated rings. The zero-order valence-corrected chi connectivity index (χ0v) is 18.1. The highest BCUT2D eigenvalue weighted by Gasteiger charge is 2.14. The topological polar surface area (TPSA) is 61.4 Å². The maximum atomic E-state index is 12.3. The third-order valence-corrected chi connectivity index (χ3v) is 4.59. The van der Waals surface area contributed by atoms with Gasteiger partial charge in [0.15, 0.2) is 0 Å². The van der Waals surface area contributed by atoms with E-state index in [4.69, 9.17) is 0 Å². The normalized spacial score (nSPS) is 12.3. The number of hydrogen-bond donors (Lipinski definition) is 2. The van der Waals surface area contributed by atoms with E-state index in [1.54, 1.807) is 11.9 Å². The van der Waals surface area contributed by atoms with Crippen LogP contribution in [0.4, 0.5) is 5.69 Å². The monoisotopic (exact) mass is 375 g/mol. The molecule has 1 atom stereocenters. The Bertz CT molecular complexity index is 617. The molecule has 1 rings (SSSR count). The fourth-order valence-electron chi connectivity index (χ4n) is 3.33. The summed E-state index contributed by atoms with van der Waals surface area (Å²) in [5.41, 5.74) is 4.15. The second-order valence-electron chi connectivity index (χ2n) is 8.29. The van der Waals surface area contributed by atoms with E-state index in [9.17, 15) is 9.59 Å². The second-order valence-corrected chi connectivity index (χ2v) is 8.29. The van der Waals surface area contributed by atoms with Crippen molar-refractivity contribution in [3.63, 3.8) is 0 Å². The van der Waals surface area contributed by atoms with Crippen LogP contribution < -0.4 is 10.6 Å². The third kappa shape index (κ3) is 9.05. The summed E-state index contributed by atoms with van der Waals surface area (Å²) in [6.07, 6.45) is 3.28. The minimum absolute atomic E-state index is 0.0370. The third-order valence-electron chi connectivity index (χ3n) is 4.59. The maximum absolute atomic E-state index is 12.3. The van der Waals surface area contributed by atoms with Gasteiger partial charge in [0.05, 0.1) is 13.1 Å². The molecule has 2 amide bonds. The zero-order valence-electron chi connectivity index (χ0n) is 18.1. The summed E-state index contributed by atoms with van der Waals surface area (Å²) in [7, 11) is 1.79. The van der Waals surface area contributed by atoms with E-state index in [1.165, 1.54) is 12.0 Å². The van der Waals surface area contributed by atoms with Crippen molar-refractivity contribution in [3.8, 4) is 0 Å². The van der Waals surface area contributed by atoms with Crippen molar-refractivity contribution in [2.75, 3.05) is 25.5 Å². The molecule has 5 heteroatoms. The number of rotatable bonds is 10. The van der Waals surface area contributed by atoms with E-state index in [-0.39, 0.29) is 30.9 Å². The smallest absolute Gasteiger partial charge is 0.238 e. The molecular weight excluding hydrogens is 338 g/mol. The molecule has 0 aromatic heterocycles. The molecule has 0 aliphatic rings. The molecule has 0 aliphatic heterocycles. The van der Waals surface area contributed by atoms with Crippen LogP contribution in [-0.4, -0.2) is 42.9 Å². The van der Waals surface area contributed by atoms with E-state index in [0.717, 1.165) is 29.7 Å². The van der Waals surface area contributed by atoms with Crippen molar-refractivity contribution in [3.05, 3.63) is 28.8 Å². The molecule has 0 radical (unpaired) electrons.